The van der Waals surface area contributed by atoms with E-state index in [1.165, 1.54) is 19.6 Å². The molecule has 1 heterocycles. The summed E-state index contributed by atoms with van der Waals surface area (Å²) in [5.74, 6) is -0.999. The van der Waals surface area contributed by atoms with Gasteiger partial charge in [0.05, 0.1) is 37.7 Å². The third-order valence-electron chi connectivity index (χ3n) is 4.75. The van der Waals surface area contributed by atoms with Gasteiger partial charge in [0.25, 0.3) is 0 Å². The maximum atomic E-state index is 11.5. The summed E-state index contributed by atoms with van der Waals surface area (Å²) in [6, 6.07) is 1.33. The normalized spacial score (nSPS) is 17.0. The Morgan fingerprint density at radius 2 is 2.04 bits per heavy atom. The minimum Gasteiger partial charge on any atom is -0.545 e. The molecule has 0 atom stereocenters. The van der Waals surface area contributed by atoms with Crippen LogP contribution < -0.4 is 20.1 Å². The summed E-state index contributed by atoms with van der Waals surface area (Å²) in [4.78, 5) is 11.5. The maximum Gasteiger partial charge on any atom is 0.200 e. The number of nitrogen functional groups attached to an aromatic ring is 1. The van der Waals surface area contributed by atoms with Gasteiger partial charge in [-0.25, -0.2) is 0 Å². The first-order valence-corrected chi connectivity index (χ1v) is 8.58. The van der Waals surface area contributed by atoms with Gasteiger partial charge in [0.2, 0.25) is 5.69 Å². The molecule has 0 spiro atoms. The Balaban J connectivity index is 2.68. The smallest absolute Gasteiger partial charge is 0.200 e. The van der Waals surface area contributed by atoms with Gasteiger partial charge in [-0.05, 0) is 31.7 Å². The number of methoxy groups -OCH3 is 1. The van der Waals surface area contributed by atoms with Crippen LogP contribution in [-0.2, 0) is 0 Å². The lowest BCUT2D eigenvalue weighted by atomic mass is 10.0. The zero-order valence-electron chi connectivity index (χ0n) is 13.9. The van der Waals surface area contributed by atoms with E-state index < -0.39 is 5.97 Å². The molecule has 2 N–H and O–H groups in total. The maximum absolute atomic E-state index is 11.5. The molecule has 0 amide bonds. The highest BCUT2D eigenvalue weighted by Gasteiger charge is 2.38. The van der Waals surface area contributed by atoms with Crippen LogP contribution in [0.2, 0.25) is 5.02 Å². The molecule has 1 saturated heterocycles. The number of carbonyl (C=O) groups is 1. The van der Waals surface area contributed by atoms with Gasteiger partial charge in [-0.3, -0.25) is 4.48 Å². The van der Waals surface area contributed by atoms with Crippen molar-refractivity contribution >= 4 is 28.9 Å². The zero-order valence-corrected chi connectivity index (χ0v) is 14.6. The first-order valence-electron chi connectivity index (χ1n) is 8.21. The molecule has 0 aliphatic carbocycles. The van der Waals surface area contributed by atoms with E-state index in [-0.39, 0.29) is 10.6 Å². The lowest BCUT2D eigenvalue weighted by molar-refractivity contribution is -0.255. The fourth-order valence-electron chi connectivity index (χ4n) is 3.60. The minimum atomic E-state index is -1.30. The van der Waals surface area contributed by atoms with Crippen molar-refractivity contribution in [2.45, 2.75) is 39.0 Å². The summed E-state index contributed by atoms with van der Waals surface area (Å²) in [6.45, 7) is 4.90. The predicted molar refractivity (Wildman–Crippen MR) is 91.9 cm³/mol. The van der Waals surface area contributed by atoms with Crippen LogP contribution in [-0.4, -0.2) is 32.7 Å². The van der Waals surface area contributed by atoms with E-state index in [9.17, 15) is 9.90 Å². The molecular weight excluding hydrogens is 316 g/mol. The lowest BCUT2D eigenvalue weighted by Crippen LogP contribution is -2.54. The fraction of sp³-hybridized carbons (Fsp3) is 0.588. The molecule has 0 aromatic heterocycles. The largest absolute Gasteiger partial charge is 0.545 e. The number of carboxylic acids is 1. The standard InChI is InChI=1S/C17H25ClN2O3/c1-3-4-8-20(9-6-5-7-10-20)15-14(19)13(18)11-12(17(21)22)16(15)23-2/h11H,3-10,19H2,1-2H3. The summed E-state index contributed by atoms with van der Waals surface area (Å²) < 4.78 is 6.10. The topological polar surface area (TPSA) is 75.4 Å². The van der Waals surface area contributed by atoms with Gasteiger partial charge in [0.15, 0.2) is 5.75 Å². The third-order valence-corrected chi connectivity index (χ3v) is 5.07. The predicted octanol–water partition coefficient (Wildman–Crippen LogP) is 2.59. The summed E-state index contributed by atoms with van der Waals surface area (Å²) >= 11 is 6.23. The summed E-state index contributed by atoms with van der Waals surface area (Å²) in [6.07, 6.45) is 5.45. The van der Waals surface area contributed by atoms with Gasteiger partial charge in [0, 0.05) is 5.56 Å². The molecule has 128 valence electrons. The Morgan fingerprint density at radius 3 is 2.57 bits per heavy atom. The van der Waals surface area contributed by atoms with E-state index in [1.807, 2.05) is 0 Å². The molecule has 1 aliphatic heterocycles. The molecule has 1 fully saturated rings. The number of ether oxygens (including phenoxy) is 1. The number of anilines is 1. The summed E-state index contributed by atoms with van der Waals surface area (Å²) in [7, 11) is 1.47. The minimum absolute atomic E-state index is 0.0266. The van der Waals surface area contributed by atoms with E-state index in [0.29, 0.717) is 21.6 Å². The molecular formula is C17H25ClN2O3. The number of quaternary nitrogens is 1. The number of aromatic carboxylic acids is 1. The number of unbranched alkanes of at least 4 members (excludes halogenated alkanes) is 1. The molecule has 0 bridgehead atoms. The summed E-state index contributed by atoms with van der Waals surface area (Å²) in [5, 5.41) is 11.7. The van der Waals surface area contributed by atoms with Crippen molar-refractivity contribution in [3.63, 3.8) is 0 Å². The van der Waals surface area contributed by atoms with Crippen LogP contribution in [0.3, 0.4) is 0 Å². The fourth-order valence-corrected chi connectivity index (χ4v) is 3.80. The highest BCUT2D eigenvalue weighted by Crippen LogP contribution is 2.46. The number of carbonyl (C=O) groups excluding carboxylic acids is 1. The number of piperidine rings is 1. The highest BCUT2D eigenvalue weighted by molar-refractivity contribution is 6.34. The molecule has 0 radical (unpaired) electrons. The van der Waals surface area contributed by atoms with Crippen LogP contribution in [0.15, 0.2) is 6.07 Å². The second-order valence-electron chi connectivity index (χ2n) is 6.22. The average Bonchev–Trinajstić information content (AvgIpc) is 2.55. The van der Waals surface area contributed by atoms with Gasteiger partial charge in [0.1, 0.15) is 5.69 Å². The number of hydrogen-bond acceptors (Lipinski definition) is 4. The SMILES string of the molecule is CCCC[N+]1(c2c(N)c(Cl)cc(C(=O)[O-])c2OC)CCCCC1. The zero-order chi connectivity index (χ0) is 17.0. The number of benzene rings is 1. The van der Waals surface area contributed by atoms with E-state index in [1.54, 1.807) is 0 Å². The number of likely N-dealkylation sites (tertiary alicyclic amines) is 1. The van der Waals surface area contributed by atoms with Gasteiger partial charge in [-0.2, -0.15) is 0 Å². The Hall–Kier alpha value is -1.46. The molecule has 5 nitrogen and oxygen atoms in total. The molecule has 1 aromatic carbocycles. The number of nitrogens with two attached hydrogens (primary N) is 1. The number of hydrogen-bond donors (Lipinski definition) is 1. The van der Waals surface area contributed by atoms with E-state index in [4.69, 9.17) is 22.1 Å². The highest BCUT2D eigenvalue weighted by atomic mass is 35.5. The molecule has 2 rings (SSSR count). The van der Waals surface area contributed by atoms with Gasteiger partial charge >= 0.3 is 0 Å². The summed E-state index contributed by atoms with van der Waals surface area (Å²) in [5.41, 5.74) is 7.39. The first kappa shape index (κ1) is 17.9. The van der Waals surface area contributed by atoms with Crippen molar-refractivity contribution in [2.24, 2.45) is 0 Å². The van der Waals surface area contributed by atoms with Crippen LogP contribution in [0.25, 0.3) is 0 Å². The monoisotopic (exact) mass is 340 g/mol. The van der Waals surface area contributed by atoms with Gasteiger partial charge in [-0.1, -0.05) is 24.9 Å². The van der Waals surface area contributed by atoms with Gasteiger partial charge < -0.3 is 20.4 Å². The molecule has 1 aromatic rings. The van der Waals surface area contributed by atoms with Crippen molar-refractivity contribution in [1.29, 1.82) is 0 Å². The van der Waals surface area contributed by atoms with Crippen LogP contribution in [0.5, 0.6) is 5.75 Å². The van der Waals surface area contributed by atoms with E-state index >= 15 is 0 Å². The average molecular weight is 341 g/mol. The molecule has 6 heteroatoms. The van der Waals surface area contributed by atoms with Crippen LogP contribution in [0.1, 0.15) is 49.4 Å². The van der Waals surface area contributed by atoms with Crippen molar-refractivity contribution < 1.29 is 14.6 Å². The van der Waals surface area contributed by atoms with Crippen LogP contribution in [0.4, 0.5) is 11.4 Å². The second-order valence-corrected chi connectivity index (χ2v) is 6.63. The van der Waals surface area contributed by atoms with E-state index in [0.717, 1.165) is 45.3 Å². The van der Waals surface area contributed by atoms with Gasteiger partial charge in [-0.15, -0.1) is 0 Å². The Bertz CT molecular complexity index is 584. The molecule has 0 unspecified atom stereocenters. The Kier molecular flexibility index (Phi) is 5.76. The lowest BCUT2D eigenvalue weighted by Gasteiger charge is -2.42. The molecule has 23 heavy (non-hydrogen) atoms. The van der Waals surface area contributed by atoms with E-state index in [2.05, 4.69) is 6.92 Å². The number of nitrogens with zero attached hydrogens (tertiary/aromatic N) is 1. The quantitative estimate of drug-likeness (QED) is 0.638. The first-order chi connectivity index (χ1) is 11.0. The van der Waals surface area contributed by atoms with Crippen molar-refractivity contribution in [1.82, 2.24) is 4.48 Å². The Labute approximate surface area is 142 Å². The number of rotatable bonds is 6. The second kappa shape index (κ2) is 7.41. The molecule has 0 saturated carbocycles. The number of carboxylic acid groups (broad SMARTS) is 1. The third kappa shape index (κ3) is 3.40. The molecule has 1 aliphatic rings. The van der Waals surface area contributed by atoms with Crippen LogP contribution >= 0.6 is 11.6 Å². The van der Waals surface area contributed by atoms with Crippen molar-refractivity contribution in [2.75, 3.05) is 32.5 Å². The van der Waals surface area contributed by atoms with Crippen LogP contribution in [0, 0.1) is 0 Å². The number of halogens is 1. The van der Waals surface area contributed by atoms with Crippen molar-refractivity contribution in [3.8, 4) is 5.75 Å². The van der Waals surface area contributed by atoms with Crippen molar-refractivity contribution in [3.05, 3.63) is 16.7 Å². The Morgan fingerprint density at radius 1 is 1.39 bits per heavy atom.